The topological polar surface area (TPSA) is 95.6 Å². The average Bonchev–Trinajstić information content (AvgIpc) is 2.03. The van der Waals surface area contributed by atoms with Gasteiger partial charge in [-0.1, -0.05) is 0 Å². The highest BCUT2D eigenvalue weighted by atomic mass is 16.6. The molecular weight excluding hydrogens is 188 g/mol. The first-order chi connectivity index (χ1) is 6.40. The van der Waals surface area contributed by atoms with Crippen LogP contribution in [0.25, 0.3) is 0 Å². The number of aliphatic hydroxyl groups excluding tert-OH is 2. The van der Waals surface area contributed by atoms with E-state index in [1.807, 2.05) is 0 Å². The van der Waals surface area contributed by atoms with E-state index in [-0.39, 0.29) is 19.6 Å². The van der Waals surface area contributed by atoms with Crippen LogP contribution in [0.5, 0.6) is 0 Å². The molecule has 0 aromatic heterocycles. The SMILES string of the molecule is CC(C)(CC(O)CNCCO)[N+](=O)[O-]. The number of nitro groups is 1. The van der Waals surface area contributed by atoms with Crippen molar-refractivity contribution >= 4 is 0 Å². The lowest BCUT2D eigenvalue weighted by Gasteiger charge is -2.19. The third kappa shape index (κ3) is 5.11. The van der Waals surface area contributed by atoms with Gasteiger partial charge in [-0.25, -0.2) is 0 Å². The largest absolute Gasteiger partial charge is 0.395 e. The van der Waals surface area contributed by atoms with Crippen molar-refractivity contribution in [2.75, 3.05) is 19.7 Å². The van der Waals surface area contributed by atoms with E-state index in [1.165, 1.54) is 13.8 Å². The summed E-state index contributed by atoms with van der Waals surface area (Å²) < 4.78 is 0. The summed E-state index contributed by atoms with van der Waals surface area (Å²) in [4.78, 5) is 10.1. The Hall–Kier alpha value is -0.720. The maximum Gasteiger partial charge on any atom is 0.219 e. The van der Waals surface area contributed by atoms with Crippen LogP contribution in [0.15, 0.2) is 0 Å². The van der Waals surface area contributed by atoms with Crippen molar-refractivity contribution in [1.82, 2.24) is 5.32 Å². The van der Waals surface area contributed by atoms with Gasteiger partial charge in [0.15, 0.2) is 0 Å². The number of nitrogens with one attached hydrogen (secondary N) is 1. The molecular formula is C8H18N2O4. The first-order valence-electron chi connectivity index (χ1n) is 4.54. The Kier molecular flexibility index (Phi) is 5.59. The number of hydrogen-bond donors (Lipinski definition) is 3. The van der Waals surface area contributed by atoms with Crippen molar-refractivity contribution in [1.29, 1.82) is 0 Å². The van der Waals surface area contributed by atoms with Crippen molar-refractivity contribution < 1.29 is 15.1 Å². The Morgan fingerprint density at radius 1 is 1.57 bits per heavy atom. The molecule has 0 rings (SSSR count). The van der Waals surface area contributed by atoms with E-state index in [4.69, 9.17) is 5.11 Å². The second-order valence-corrected chi connectivity index (χ2v) is 3.86. The summed E-state index contributed by atoms with van der Waals surface area (Å²) in [5, 5.41) is 31.2. The van der Waals surface area contributed by atoms with Crippen LogP contribution in [-0.2, 0) is 0 Å². The van der Waals surface area contributed by atoms with Crippen molar-refractivity contribution in [3.05, 3.63) is 10.1 Å². The number of aliphatic hydroxyl groups is 2. The van der Waals surface area contributed by atoms with Gasteiger partial charge < -0.3 is 15.5 Å². The Labute approximate surface area is 83.1 Å². The smallest absolute Gasteiger partial charge is 0.219 e. The Morgan fingerprint density at radius 3 is 2.57 bits per heavy atom. The summed E-state index contributed by atoms with van der Waals surface area (Å²) >= 11 is 0. The molecule has 6 nitrogen and oxygen atoms in total. The molecule has 0 aliphatic carbocycles. The molecule has 0 aromatic carbocycles. The highest BCUT2D eigenvalue weighted by Gasteiger charge is 2.33. The molecule has 1 unspecified atom stereocenters. The van der Waals surface area contributed by atoms with Crippen molar-refractivity contribution in [2.24, 2.45) is 0 Å². The lowest BCUT2D eigenvalue weighted by Crippen LogP contribution is -2.39. The second kappa shape index (κ2) is 5.90. The molecule has 6 heteroatoms. The molecule has 0 heterocycles. The van der Waals surface area contributed by atoms with Crippen LogP contribution < -0.4 is 5.32 Å². The zero-order valence-corrected chi connectivity index (χ0v) is 8.56. The van der Waals surface area contributed by atoms with Crippen LogP contribution in [-0.4, -0.2) is 46.5 Å². The summed E-state index contributed by atoms with van der Waals surface area (Å²) in [7, 11) is 0. The van der Waals surface area contributed by atoms with Crippen molar-refractivity contribution in [2.45, 2.75) is 31.9 Å². The van der Waals surface area contributed by atoms with Crippen LogP contribution in [0.1, 0.15) is 20.3 Å². The average molecular weight is 206 g/mol. The van der Waals surface area contributed by atoms with Crippen LogP contribution in [0, 0.1) is 10.1 Å². The molecule has 0 aromatic rings. The normalized spacial score (nSPS) is 14.0. The molecule has 0 spiro atoms. The monoisotopic (exact) mass is 206 g/mol. The van der Waals surface area contributed by atoms with Gasteiger partial charge in [0.05, 0.1) is 12.7 Å². The van der Waals surface area contributed by atoms with E-state index in [0.717, 1.165) is 0 Å². The number of nitrogens with zero attached hydrogens (tertiary/aromatic N) is 1. The minimum absolute atomic E-state index is 0.00858. The van der Waals surface area contributed by atoms with Gasteiger partial charge in [-0.15, -0.1) is 0 Å². The minimum Gasteiger partial charge on any atom is -0.395 e. The summed E-state index contributed by atoms with van der Waals surface area (Å²) in [5.41, 5.74) is -1.11. The molecule has 14 heavy (non-hydrogen) atoms. The Balaban J connectivity index is 3.81. The summed E-state index contributed by atoms with van der Waals surface area (Å²) in [6.45, 7) is 3.59. The Morgan fingerprint density at radius 2 is 2.14 bits per heavy atom. The first-order valence-corrected chi connectivity index (χ1v) is 4.54. The fourth-order valence-electron chi connectivity index (χ4n) is 1.07. The third-order valence-electron chi connectivity index (χ3n) is 1.90. The molecule has 0 aliphatic heterocycles. The molecule has 0 saturated heterocycles. The second-order valence-electron chi connectivity index (χ2n) is 3.86. The van der Waals surface area contributed by atoms with E-state index >= 15 is 0 Å². The van der Waals surface area contributed by atoms with Gasteiger partial charge in [0.2, 0.25) is 5.54 Å². The highest BCUT2D eigenvalue weighted by Crippen LogP contribution is 2.15. The molecule has 0 radical (unpaired) electrons. The lowest BCUT2D eigenvalue weighted by atomic mass is 9.98. The summed E-state index contributed by atoms with van der Waals surface area (Å²) in [5.74, 6) is 0. The fourth-order valence-corrected chi connectivity index (χ4v) is 1.07. The van der Waals surface area contributed by atoms with E-state index in [1.54, 1.807) is 0 Å². The van der Waals surface area contributed by atoms with Crippen LogP contribution in [0.2, 0.25) is 0 Å². The van der Waals surface area contributed by atoms with Crippen LogP contribution >= 0.6 is 0 Å². The van der Waals surface area contributed by atoms with Crippen molar-refractivity contribution in [3.63, 3.8) is 0 Å². The van der Waals surface area contributed by atoms with Gasteiger partial charge in [-0.2, -0.15) is 0 Å². The minimum atomic E-state index is -1.11. The maximum atomic E-state index is 10.5. The van der Waals surface area contributed by atoms with E-state index < -0.39 is 16.6 Å². The van der Waals surface area contributed by atoms with Gasteiger partial charge in [0.1, 0.15) is 0 Å². The summed E-state index contributed by atoms with van der Waals surface area (Å²) in [6.07, 6.45) is -0.666. The maximum absolute atomic E-state index is 10.5. The predicted octanol–water partition coefficient (Wildman–Crippen LogP) is -0.625. The third-order valence-corrected chi connectivity index (χ3v) is 1.90. The Bertz CT molecular complexity index is 184. The quantitative estimate of drug-likeness (QED) is 0.293. The molecule has 0 fully saturated rings. The van der Waals surface area contributed by atoms with Gasteiger partial charge >= 0.3 is 0 Å². The molecule has 3 N–H and O–H groups in total. The van der Waals surface area contributed by atoms with Gasteiger partial charge in [0, 0.05) is 38.3 Å². The van der Waals surface area contributed by atoms with E-state index in [2.05, 4.69) is 5.32 Å². The predicted molar refractivity (Wildman–Crippen MR) is 51.7 cm³/mol. The lowest BCUT2D eigenvalue weighted by molar-refractivity contribution is -0.563. The molecule has 0 saturated carbocycles. The van der Waals surface area contributed by atoms with Crippen LogP contribution in [0.4, 0.5) is 0 Å². The van der Waals surface area contributed by atoms with Gasteiger partial charge in [-0.3, -0.25) is 10.1 Å². The standard InChI is InChI=1S/C8H18N2O4/c1-8(2,10(13)14)5-7(12)6-9-3-4-11/h7,9,11-12H,3-6H2,1-2H3. The number of hydrogen-bond acceptors (Lipinski definition) is 5. The van der Waals surface area contributed by atoms with Gasteiger partial charge in [-0.05, 0) is 0 Å². The van der Waals surface area contributed by atoms with E-state index in [0.29, 0.717) is 6.54 Å². The van der Waals surface area contributed by atoms with Crippen molar-refractivity contribution in [3.8, 4) is 0 Å². The molecule has 0 aliphatic rings. The molecule has 0 amide bonds. The fraction of sp³-hybridized carbons (Fsp3) is 1.00. The zero-order chi connectivity index (χ0) is 11.2. The van der Waals surface area contributed by atoms with E-state index in [9.17, 15) is 15.2 Å². The van der Waals surface area contributed by atoms with Crippen LogP contribution in [0.3, 0.4) is 0 Å². The first kappa shape index (κ1) is 13.3. The summed E-state index contributed by atoms with van der Waals surface area (Å²) in [6, 6.07) is 0. The molecule has 1 atom stereocenters. The number of rotatable bonds is 7. The van der Waals surface area contributed by atoms with Gasteiger partial charge in [0.25, 0.3) is 0 Å². The zero-order valence-electron chi connectivity index (χ0n) is 8.56. The molecule has 0 bridgehead atoms. The highest BCUT2D eigenvalue weighted by molar-refractivity contribution is 4.73. The molecule has 84 valence electrons.